The highest BCUT2D eigenvalue weighted by Crippen LogP contribution is 2.20. The number of carboxylic acid groups (broad SMARTS) is 1. The Bertz CT molecular complexity index is 485. The highest BCUT2D eigenvalue weighted by Gasteiger charge is 2.10. The summed E-state index contributed by atoms with van der Waals surface area (Å²) < 4.78 is 5.62. The average Bonchev–Trinajstić information content (AvgIpc) is 2.68. The third-order valence-electron chi connectivity index (χ3n) is 2.67. The summed E-state index contributed by atoms with van der Waals surface area (Å²) in [7, 11) is 0. The molecule has 0 aliphatic rings. The number of carbonyl (C=O) groups is 1. The number of hydrogen-bond donors (Lipinski definition) is 2. The molecule has 0 saturated heterocycles. The lowest BCUT2D eigenvalue weighted by Gasteiger charge is -2.07. The van der Waals surface area contributed by atoms with Gasteiger partial charge >= 0.3 is 5.97 Å². The van der Waals surface area contributed by atoms with Crippen molar-refractivity contribution in [3.05, 3.63) is 36.1 Å². The maximum Gasteiger partial charge on any atom is 0.303 e. The van der Waals surface area contributed by atoms with Crippen molar-refractivity contribution >= 4 is 16.9 Å². The smallest absolute Gasteiger partial charge is 0.303 e. The van der Waals surface area contributed by atoms with Crippen molar-refractivity contribution in [1.29, 1.82) is 0 Å². The summed E-state index contributed by atoms with van der Waals surface area (Å²) in [6.45, 7) is 0. The van der Waals surface area contributed by atoms with Gasteiger partial charge in [0.15, 0.2) is 0 Å². The highest BCUT2D eigenvalue weighted by molar-refractivity contribution is 5.77. The van der Waals surface area contributed by atoms with Crippen LogP contribution in [0.1, 0.15) is 18.6 Å². The van der Waals surface area contributed by atoms with Crippen molar-refractivity contribution in [2.45, 2.75) is 25.3 Å². The van der Waals surface area contributed by atoms with Crippen molar-refractivity contribution in [2.75, 3.05) is 0 Å². The quantitative estimate of drug-likeness (QED) is 0.829. The predicted molar refractivity (Wildman–Crippen MR) is 64.8 cm³/mol. The van der Waals surface area contributed by atoms with Crippen molar-refractivity contribution in [1.82, 2.24) is 0 Å². The van der Waals surface area contributed by atoms with E-state index in [1.54, 1.807) is 0 Å². The van der Waals surface area contributed by atoms with E-state index in [1.807, 2.05) is 30.3 Å². The number of aliphatic carboxylic acids is 1. The molecule has 4 heteroatoms. The second-order valence-electron chi connectivity index (χ2n) is 4.15. The Balaban J connectivity index is 2.00. The van der Waals surface area contributed by atoms with Crippen LogP contribution < -0.4 is 5.73 Å². The zero-order chi connectivity index (χ0) is 12.3. The summed E-state index contributed by atoms with van der Waals surface area (Å²) in [5, 5.41) is 9.61. The lowest BCUT2D eigenvalue weighted by molar-refractivity contribution is -0.137. The molecule has 0 aliphatic heterocycles. The van der Waals surface area contributed by atoms with Crippen molar-refractivity contribution in [3.8, 4) is 0 Å². The standard InChI is InChI=1S/C13H15NO3/c14-10(5-6-13(15)16)8-11-7-9-3-1-2-4-12(9)17-11/h1-4,7,10H,5-6,8,14H2,(H,15,16). The van der Waals surface area contributed by atoms with Gasteiger partial charge in [-0.1, -0.05) is 18.2 Å². The molecule has 0 amide bonds. The largest absolute Gasteiger partial charge is 0.481 e. The maximum atomic E-state index is 10.4. The zero-order valence-corrected chi connectivity index (χ0v) is 9.43. The monoisotopic (exact) mass is 233 g/mol. The molecule has 0 spiro atoms. The second kappa shape index (κ2) is 5.01. The summed E-state index contributed by atoms with van der Waals surface area (Å²) in [5.74, 6) is -0.00542. The summed E-state index contributed by atoms with van der Waals surface area (Å²) in [5.41, 5.74) is 6.69. The maximum absolute atomic E-state index is 10.4. The van der Waals surface area contributed by atoms with Gasteiger partial charge in [0.1, 0.15) is 11.3 Å². The Labute approximate surface area is 99.0 Å². The first kappa shape index (κ1) is 11.7. The van der Waals surface area contributed by atoms with Crippen LogP contribution in [0.5, 0.6) is 0 Å². The Morgan fingerprint density at radius 1 is 1.41 bits per heavy atom. The number of para-hydroxylation sites is 1. The molecule has 90 valence electrons. The van der Waals surface area contributed by atoms with E-state index < -0.39 is 5.97 Å². The van der Waals surface area contributed by atoms with Crippen LogP contribution in [0, 0.1) is 0 Å². The molecule has 3 N–H and O–H groups in total. The van der Waals surface area contributed by atoms with E-state index in [-0.39, 0.29) is 12.5 Å². The molecule has 1 heterocycles. The molecule has 17 heavy (non-hydrogen) atoms. The second-order valence-corrected chi connectivity index (χ2v) is 4.15. The Kier molecular flexibility index (Phi) is 3.44. The first-order chi connectivity index (χ1) is 8.15. The molecule has 0 aliphatic carbocycles. The van der Waals surface area contributed by atoms with Crippen LogP contribution in [0.15, 0.2) is 34.7 Å². The van der Waals surface area contributed by atoms with Crippen LogP contribution >= 0.6 is 0 Å². The average molecular weight is 233 g/mol. The fourth-order valence-electron chi connectivity index (χ4n) is 1.81. The Morgan fingerprint density at radius 2 is 2.18 bits per heavy atom. The van der Waals surface area contributed by atoms with E-state index in [2.05, 4.69) is 0 Å². The van der Waals surface area contributed by atoms with E-state index in [0.717, 1.165) is 16.7 Å². The van der Waals surface area contributed by atoms with Crippen LogP contribution in [0.25, 0.3) is 11.0 Å². The first-order valence-corrected chi connectivity index (χ1v) is 5.60. The SMILES string of the molecule is NC(CCC(=O)O)Cc1cc2ccccc2o1. The highest BCUT2D eigenvalue weighted by atomic mass is 16.4. The van der Waals surface area contributed by atoms with Crippen molar-refractivity contribution in [3.63, 3.8) is 0 Å². The zero-order valence-electron chi connectivity index (χ0n) is 9.43. The van der Waals surface area contributed by atoms with Crippen LogP contribution in [-0.2, 0) is 11.2 Å². The van der Waals surface area contributed by atoms with E-state index in [1.165, 1.54) is 0 Å². The molecule has 1 aromatic carbocycles. The summed E-state index contributed by atoms with van der Waals surface area (Å²) >= 11 is 0. The Morgan fingerprint density at radius 3 is 2.88 bits per heavy atom. The normalized spacial score (nSPS) is 12.8. The molecule has 0 radical (unpaired) electrons. The minimum absolute atomic E-state index is 0.0986. The van der Waals surface area contributed by atoms with Crippen molar-refractivity contribution in [2.24, 2.45) is 5.73 Å². The number of fused-ring (bicyclic) bond motifs is 1. The number of nitrogens with two attached hydrogens (primary N) is 1. The van der Waals surface area contributed by atoms with Gasteiger partial charge in [0.05, 0.1) is 0 Å². The number of carboxylic acids is 1. The molecular weight excluding hydrogens is 218 g/mol. The minimum atomic E-state index is -0.815. The van der Waals surface area contributed by atoms with Gasteiger partial charge in [-0.15, -0.1) is 0 Å². The molecule has 1 unspecified atom stereocenters. The minimum Gasteiger partial charge on any atom is -0.481 e. The van der Waals surface area contributed by atoms with E-state index >= 15 is 0 Å². The van der Waals surface area contributed by atoms with Crippen LogP contribution in [0.3, 0.4) is 0 Å². The third-order valence-corrected chi connectivity index (χ3v) is 2.67. The van der Waals surface area contributed by atoms with E-state index in [4.69, 9.17) is 15.3 Å². The van der Waals surface area contributed by atoms with Gasteiger partial charge in [-0.05, 0) is 18.6 Å². The number of hydrogen-bond acceptors (Lipinski definition) is 3. The van der Waals surface area contributed by atoms with Crippen molar-refractivity contribution < 1.29 is 14.3 Å². The molecule has 1 atom stereocenters. The molecule has 0 bridgehead atoms. The van der Waals surface area contributed by atoms with Crippen LogP contribution in [0.4, 0.5) is 0 Å². The molecule has 0 fully saturated rings. The van der Waals surface area contributed by atoms with E-state index in [9.17, 15) is 4.79 Å². The molecule has 2 rings (SSSR count). The molecule has 0 saturated carbocycles. The molecule has 4 nitrogen and oxygen atoms in total. The molecule has 2 aromatic rings. The van der Waals surface area contributed by atoms with Gasteiger partial charge in [0.25, 0.3) is 0 Å². The van der Waals surface area contributed by atoms with Gasteiger partial charge in [-0.2, -0.15) is 0 Å². The third kappa shape index (κ3) is 3.07. The van der Waals surface area contributed by atoms with Gasteiger partial charge in [-0.3, -0.25) is 4.79 Å². The summed E-state index contributed by atoms with van der Waals surface area (Å²) in [4.78, 5) is 10.4. The number of benzene rings is 1. The van der Waals surface area contributed by atoms with Gasteiger partial charge in [-0.25, -0.2) is 0 Å². The molecular formula is C13H15NO3. The van der Waals surface area contributed by atoms with Gasteiger partial charge in [0, 0.05) is 24.3 Å². The first-order valence-electron chi connectivity index (χ1n) is 5.60. The fourth-order valence-corrected chi connectivity index (χ4v) is 1.81. The van der Waals surface area contributed by atoms with E-state index in [0.29, 0.717) is 12.8 Å². The predicted octanol–water partition coefficient (Wildman–Crippen LogP) is 2.17. The lowest BCUT2D eigenvalue weighted by atomic mass is 10.1. The topological polar surface area (TPSA) is 76.5 Å². The Hall–Kier alpha value is -1.81. The lowest BCUT2D eigenvalue weighted by Crippen LogP contribution is -2.23. The number of furan rings is 1. The van der Waals surface area contributed by atoms with Crippen LogP contribution in [-0.4, -0.2) is 17.1 Å². The molecule has 1 aromatic heterocycles. The fraction of sp³-hybridized carbons (Fsp3) is 0.308. The van der Waals surface area contributed by atoms with Gasteiger partial charge in [0.2, 0.25) is 0 Å². The van der Waals surface area contributed by atoms with Crippen LogP contribution in [0.2, 0.25) is 0 Å². The number of rotatable bonds is 5. The summed E-state index contributed by atoms with van der Waals surface area (Å²) in [6.07, 6.45) is 1.13. The summed E-state index contributed by atoms with van der Waals surface area (Å²) in [6, 6.07) is 9.53. The van der Waals surface area contributed by atoms with Gasteiger partial charge < -0.3 is 15.3 Å².